The maximum absolute atomic E-state index is 5.53. The lowest BCUT2D eigenvalue weighted by Crippen LogP contribution is -2.47. The summed E-state index contributed by atoms with van der Waals surface area (Å²) in [6.45, 7) is 3.82. The highest BCUT2D eigenvalue weighted by Crippen LogP contribution is 2.11. The molecular weight excluding hydrogens is 162 g/mol. The van der Waals surface area contributed by atoms with E-state index in [0.29, 0.717) is 0 Å². The van der Waals surface area contributed by atoms with Crippen LogP contribution in [-0.2, 0) is 6.54 Å². The predicted molar refractivity (Wildman–Crippen MR) is 53.4 cm³/mol. The van der Waals surface area contributed by atoms with E-state index in [1.165, 1.54) is 12.0 Å². The molecule has 0 atom stereocenters. The fraction of sp³-hybridized carbons (Fsp3) is 0.455. The topological polar surface area (TPSA) is 36.9 Å². The first kappa shape index (κ1) is 10.1. The molecule has 0 saturated carbocycles. The van der Waals surface area contributed by atoms with E-state index in [-0.39, 0.29) is 0 Å². The zero-order chi connectivity index (χ0) is 9.52. The number of ether oxygens (including phenoxy) is 1. The predicted octanol–water partition coefficient (Wildman–Crippen LogP) is 1.61. The van der Waals surface area contributed by atoms with Crippen molar-refractivity contribution in [2.24, 2.45) is 0 Å². The van der Waals surface area contributed by atoms with Crippen LogP contribution in [0, 0.1) is 0 Å². The van der Waals surface area contributed by atoms with Crippen LogP contribution in [0.1, 0.15) is 25.3 Å². The molecule has 2 heteroatoms. The highest BCUT2D eigenvalue weighted by Gasteiger charge is 1.94. The number of benzene rings is 1. The summed E-state index contributed by atoms with van der Waals surface area (Å²) < 4.78 is 5.53. The van der Waals surface area contributed by atoms with Crippen LogP contribution in [0.25, 0.3) is 0 Å². The van der Waals surface area contributed by atoms with E-state index in [1.54, 1.807) is 0 Å². The first-order chi connectivity index (χ1) is 6.36. The second-order valence-corrected chi connectivity index (χ2v) is 3.10. The van der Waals surface area contributed by atoms with Crippen LogP contribution in [-0.4, -0.2) is 6.61 Å². The lowest BCUT2D eigenvalue weighted by atomic mass is 10.2. The van der Waals surface area contributed by atoms with Gasteiger partial charge in [-0.05, 0) is 30.7 Å². The van der Waals surface area contributed by atoms with Gasteiger partial charge in [0.15, 0.2) is 0 Å². The average molecular weight is 180 g/mol. The van der Waals surface area contributed by atoms with Crippen LogP contribution in [0.2, 0.25) is 0 Å². The van der Waals surface area contributed by atoms with Gasteiger partial charge in [-0.3, -0.25) is 0 Å². The minimum atomic E-state index is 0.820. The normalized spacial score (nSPS) is 10.0. The van der Waals surface area contributed by atoms with E-state index in [0.717, 1.165) is 25.3 Å². The summed E-state index contributed by atoms with van der Waals surface area (Å²) in [7, 11) is 0. The average Bonchev–Trinajstić information content (AvgIpc) is 2.19. The van der Waals surface area contributed by atoms with Crippen LogP contribution in [0.15, 0.2) is 24.3 Å². The summed E-state index contributed by atoms with van der Waals surface area (Å²) in [5, 5.41) is 0. The standard InChI is InChI=1S/C11H17NO/c1-2-3-8-13-11-6-4-10(9-12)5-7-11/h4-7H,2-3,8-9,12H2,1H3/p+1. The molecule has 1 rings (SSSR count). The SMILES string of the molecule is CCCCOc1ccc(C[NH3+])cc1. The molecular formula is C11H18NO+. The van der Waals surface area contributed by atoms with Gasteiger partial charge < -0.3 is 10.5 Å². The lowest BCUT2D eigenvalue weighted by molar-refractivity contribution is -0.386. The molecule has 0 aromatic heterocycles. The Morgan fingerprint density at radius 1 is 1.23 bits per heavy atom. The van der Waals surface area contributed by atoms with Crippen LogP contribution in [0.5, 0.6) is 5.75 Å². The van der Waals surface area contributed by atoms with Gasteiger partial charge >= 0.3 is 0 Å². The molecule has 0 fully saturated rings. The van der Waals surface area contributed by atoms with E-state index in [9.17, 15) is 0 Å². The molecule has 0 heterocycles. The Balaban J connectivity index is 2.40. The molecule has 3 N–H and O–H groups in total. The van der Waals surface area contributed by atoms with Crippen molar-refractivity contribution in [2.45, 2.75) is 26.3 Å². The van der Waals surface area contributed by atoms with Gasteiger partial charge in [-0.1, -0.05) is 13.3 Å². The Morgan fingerprint density at radius 3 is 2.46 bits per heavy atom. The van der Waals surface area contributed by atoms with Crippen molar-refractivity contribution in [3.8, 4) is 5.75 Å². The molecule has 0 aliphatic rings. The summed E-state index contributed by atoms with van der Waals surface area (Å²) in [5.74, 6) is 0.964. The van der Waals surface area contributed by atoms with E-state index in [2.05, 4.69) is 24.8 Å². The second-order valence-electron chi connectivity index (χ2n) is 3.10. The van der Waals surface area contributed by atoms with Gasteiger partial charge in [0.25, 0.3) is 0 Å². The van der Waals surface area contributed by atoms with E-state index >= 15 is 0 Å². The number of hydrogen-bond acceptors (Lipinski definition) is 1. The van der Waals surface area contributed by atoms with Gasteiger partial charge in [0.1, 0.15) is 5.75 Å². The molecule has 0 aliphatic heterocycles. The summed E-state index contributed by atoms with van der Waals surface area (Å²) in [6, 6.07) is 8.15. The number of hydrogen-bond donors (Lipinski definition) is 1. The monoisotopic (exact) mass is 180 g/mol. The number of quaternary nitrogens is 1. The van der Waals surface area contributed by atoms with Gasteiger partial charge in [0.05, 0.1) is 13.2 Å². The van der Waals surface area contributed by atoms with Crippen molar-refractivity contribution in [1.29, 1.82) is 0 Å². The highest BCUT2D eigenvalue weighted by atomic mass is 16.5. The van der Waals surface area contributed by atoms with Gasteiger partial charge in [-0.15, -0.1) is 0 Å². The Bertz CT molecular complexity index is 230. The van der Waals surface area contributed by atoms with Crippen LogP contribution < -0.4 is 10.5 Å². The van der Waals surface area contributed by atoms with Crippen molar-refractivity contribution in [2.75, 3.05) is 6.61 Å². The lowest BCUT2D eigenvalue weighted by Gasteiger charge is -2.04. The molecule has 0 saturated heterocycles. The molecule has 0 aliphatic carbocycles. The van der Waals surface area contributed by atoms with Gasteiger partial charge in [-0.25, -0.2) is 0 Å². The van der Waals surface area contributed by atoms with Crippen LogP contribution in [0.3, 0.4) is 0 Å². The third kappa shape index (κ3) is 3.47. The van der Waals surface area contributed by atoms with Crippen LogP contribution in [0.4, 0.5) is 0 Å². The van der Waals surface area contributed by atoms with Gasteiger partial charge in [0.2, 0.25) is 0 Å². The molecule has 0 bridgehead atoms. The minimum absolute atomic E-state index is 0.820. The van der Waals surface area contributed by atoms with E-state index < -0.39 is 0 Å². The Morgan fingerprint density at radius 2 is 1.92 bits per heavy atom. The summed E-state index contributed by atoms with van der Waals surface area (Å²) >= 11 is 0. The molecule has 1 aromatic carbocycles. The Hall–Kier alpha value is -1.02. The van der Waals surface area contributed by atoms with E-state index in [4.69, 9.17) is 4.74 Å². The molecule has 2 nitrogen and oxygen atoms in total. The first-order valence-corrected chi connectivity index (χ1v) is 4.87. The van der Waals surface area contributed by atoms with E-state index in [1.807, 2.05) is 12.1 Å². The number of unbranched alkanes of at least 4 members (excludes halogenated alkanes) is 1. The molecule has 0 amide bonds. The molecule has 0 unspecified atom stereocenters. The third-order valence-corrected chi connectivity index (χ3v) is 1.98. The summed E-state index contributed by atoms with van der Waals surface area (Å²) in [4.78, 5) is 0. The first-order valence-electron chi connectivity index (χ1n) is 4.87. The second kappa shape index (κ2) is 5.60. The largest absolute Gasteiger partial charge is 0.494 e. The molecule has 13 heavy (non-hydrogen) atoms. The summed E-state index contributed by atoms with van der Waals surface area (Å²) in [5.41, 5.74) is 5.07. The minimum Gasteiger partial charge on any atom is -0.494 e. The van der Waals surface area contributed by atoms with Crippen molar-refractivity contribution < 1.29 is 10.5 Å². The molecule has 1 aromatic rings. The molecule has 0 radical (unpaired) electrons. The van der Waals surface area contributed by atoms with Gasteiger partial charge in [0, 0.05) is 5.56 Å². The quantitative estimate of drug-likeness (QED) is 0.687. The van der Waals surface area contributed by atoms with Gasteiger partial charge in [-0.2, -0.15) is 0 Å². The Labute approximate surface area is 79.7 Å². The third-order valence-electron chi connectivity index (χ3n) is 1.98. The van der Waals surface area contributed by atoms with Crippen molar-refractivity contribution >= 4 is 0 Å². The fourth-order valence-electron chi connectivity index (χ4n) is 1.09. The zero-order valence-corrected chi connectivity index (χ0v) is 8.25. The smallest absolute Gasteiger partial charge is 0.119 e. The zero-order valence-electron chi connectivity index (χ0n) is 8.25. The molecule has 72 valence electrons. The maximum atomic E-state index is 5.53. The van der Waals surface area contributed by atoms with Crippen molar-refractivity contribution in [3.05, 3.63) is 29.8 Å². The Kier molecular flexibility index (Phi) is 4.33. The fourth-order valence-corrected chi connectivity index (χ4v) is 1.09. The number of rotatable bonds is 5. The van der Waals surface area contributed by atoms with Crippen LogP contribution >= 0.6 is 0 Å². The summed E-state index contributed by atoms with van der Waals surface area (Å²) in [6.07, 6.45) is 2.30. The highest BCUT2D eigenvalue weighted by molar-refractivity contribution is 5.26. The maximum Gasteiger partial charge on any atom is 0.119 e. The van der Waals surface area contributed by atoms with Crippen molar-refractivity contribution in [1.82, 2.24) is 0 Å². The molecule has 0 spiro atoms. The van der Waals surface area contributed by atoms with Crippen molar-refractivity contribution in [3.63, 3.8) is 0 Å².